The monoisotopic (exact) mass is 285 g/mol. The predicted octanol–water partition coefficient (Wildman–Crippen LogP) is 3.22. The molecule has 4 heteroatoms. The second-order valence-corrected chi connectivity index (χ2v) is 4.84. The molecular weight excluding hydrogens is 262 g/mol. The topological polar surface area (TPSA) is 21.7 Å². The number of hydrogen-bond donors (Lipinski definition) is 0. The number of aryl methyl sites for hydroxylation is 1. The van der Waals surface area contributed by atoms with Crippen molar-refractivity contribution in [1.29, 1.82) is 0 Å². The van der Waals surface area contributed by atoms with Crippen LogP contribution in [0.3, 0.4) is 0 Å². The number of benzene rings is 1. The lowest BCUT2D eigenvalue weighted by atomic mass is 10.1. The first-order valence-corrected chi connectivity index (χ1v) is 7.14. The van der Waals surface area contributed by atoms with Gasteiger partial charge in [-0.15, -0.1) is 11.6 Å². The van der Waals surface area contributed by atoms with Gasteiger partial charge in [0.15, 0.2) is 0 Å². The van der Waals surface area contributed by atoms with Crippen molar-refractivity contribution < 1.29 is 9.47 Å². The molecule has 0 saturated carbocycles. The Labute approximate surface area is 121 Å². The Balaban J connectivity index is 2.74. The molecule has 0 aliphatic rings. The zero-order valence-electron chi connectivity index (χ0n) is 12.1. The molecular formula is C15H24ClNO2. The summed E-state index contributed by atoms with van der Waals surface area (Å²) in [5.74, 6) is 0.563. The van der Waals surface area contributed by atoms with E-state index in [1.165, 1.54) is 16.8 Å². The normalized spacial score (nSPS) is 10.7. The van der Waals surface area contributed by atoms with Crippen LogP contribution in [-0.2, 0) is 15.4 Å². The van der Waals surface area contributed by atoms with Gasteiger partial charge in [-0.3, -0.25) is 0 Å². The van der Waals surface area contributed by atoms with Crippen molar-refractivity contribution in [1.82, 2.24) is 0 Å². The van der Waals surface area contributed by atoms with Gasteiger partial charge in [-0.1, -0.05) is 6.07 Å². The molecule has 0 bridgehead atoms. The fraction of sp³-hybridized carbons (Fsp3) is 0.600. The van der Waals surface area contributed by atoms with Gasteiger partial charge in [-0.2, -0.15) is 0 Å². The molecule has 0 atom stereocenters. The van der Waals surface area contributed by atoms with Crippen LogP contribution in [-0.4, -0.2) is 40.5 Å². The van der Waals surface area contributed by atoms with Crippen LogP contribution >= 0.6 is 11.6 Å². The molecule has 0 saturated heterocycles. The average Bonchev–Trinajstić information content (AvgIpc) is 2.42. The summed E-state index contributed by atoms with van der Waals surface area (Å²) in [4.78, 5) is 2.33. The second-order valence-electron chi connectivity index (χ2n) is 4.57. The summed E-state index contributed by atoms with van der Waals surface area (Å²) in [6, 6.07) is 6.43. The molecule has 1 aromatic rings. The number of nitrogens with zero attached hydrogens (tertiary/aromatic N) is 1. The van der Waals surface area contributed by atoms with Crippen LogP contribution in [0.5, 0.6) is 0 Å². The highest BCUT2D eigenvalue weighted by Crippen LogP contribution is 2.20. The number of rotatable bonds is 9. The highest BCUT2D eigenvalue weighted by atomic mass is 35.5. The Morgan fingerprint density at radius 1 is 1.11 bits per heavy atom. The van der Waals surface area contributed by atoms with Crippen molar-refractivity contribution in [3.8, 4) is 0 Å². The highest BCUT2D eigenvalue weighted by molar-refractivity contribution is 6.17. The van der Waals surface area contributed by atoms with Crippen LogP contribution in [0.1, 0.15) is 17.5 Å². The summed E-state index contributed by atoms with van der Waals surface area (Å²) >= 11 is 5.90. The third-order valence-corrected chi connectivity index (χ3v) is 3.47. The van der Waals surface area contributed by atoms with E-state index in [1.807, 2.05) is 0 Å². The van der Waals surface area contributed by atoms with E-state index in [0.717, 1.165) is 32.7 Å². The average molecular weight is 286 g/mol. The Bertz CT molecular complexity index is 371. The van der Waals surface area contributed by atoms with Gasteiger partial charge in [-0.25, -0.2) is 0 Å². The first kappa shape index (κ1) is 16.3. The Kier molecular flexibility index (Phi) is 7.87. The number of alkyl halides is 1. The molecule has 108 valence electrons. The SMILES string of the molecule is COCCCN(CCOC)c1ccc(CCl)c(C)c1. The molecule has 19 heavy (non-hydrogen) atoms. The molecule has 0 aromatic heterocycles. The van der Waals surface area contributed by atoms with Gasteiger partial charge in [0.25, 0.3) is 0 Å². The van der Waals surface area contributed by atoms with E-state index in [4.69, 9.17) is 21.1 Å². The first-order chi connectivity index (χ1) is 9.22. The molecule has 0 N–H and O–H groups in total. The second kappa shape index (κ2) is 9.18. The summed E-state index contributed by atoms with van der Waals surface area (Å²) in [6.45, 7) is 5.47. The van der Waals surface area contributed by atoms with E-state index in [-0.39, 0.29) is 0 Å². The third-order valence-electron chi connectivity index (χ3n) is 3.18. The Morgan fingerprint density at radius 2 is 1.84 bits per heavy atom. The van der Waals surface area contributed by atoms with E-state index < -0.39 is 0 Å². The predicted molar refractivity (Wildman–Crippen MR) is 81.3 cm³/mol. The van der Waals surface area contributed by atoms with E-state index >= 15 is 0 Å². The molecule has 0 fully saturated rings. The van der Waals surface area contributed by atoms with Crippen LogP contribution in [0, 0.1) is 6.92 Å². The molecule has 0 heterocycles. The first-order valence-electron chi connectivity index (χ1n) is 6.61. The van der Waals surface area contributed by atoms with Gasteiger partial charge in [-0.05, 0) is 36.6 Å². The maximum absolute atomic E-state index is 5.90. The van der Waals surface area contributed by atoms with E-state index in [2.05, 4.69) is 30.0 Å². The zero-order chi connectivity index (χ0) is 14.1. The molecule has 0 spiro atoms. The maximum Gasteiger partial charge on any atom is 0.0637 e. The number of halogens is 1. The van der Waals surface area contributed by atoms with Crippen LogP contribution in [0.25, 0.3) is 0 Å². The fourth-order valence-corrected chi connectivity index (χ4v) is 2.30. The molecule has 3 nitrogen and oxygen atoms in total. The maximum atomic E-state index is 5.90. The minimum Gasteiger partial charge on any atom is -0.385 e. The minimum absolute atomic E-state index is 0.563. The molecule has 0 amide bonds. The van der Waals surface area contributed by atoms with Crippen molar-refractivity contribution in [3.05, 3.63) is 29.3 Å². The molecule has 0 unspecified atom stereocenters. The largest absolute Gasteiger partial charge is 0.385 e. The van der Waals surface area contributed by atoms with Crippen molar-refractivity contribution in [2.75, 3.05) is 45.4 Å². The summed E-state index contributed by atoms with van der Waals surface area (Å²) in [5, 5.41) is 0. The number of anilines is 1. The van der Waals surface area contributed by atoms with Crippen molar-refractivity contribution in [2.24, 2.45) is 0 Å². The minimum atomic E-state index is 0.563. The summed E-state index contributed by atoms with van der Waals surface area (Å²) in [7, 11) is 3.47. The fourth-order valence-electron chi connectivity index (χ4n) is 2.00. The highest BCUT2D eigenvalue weighted by Gasteiger charge is 2.08. The van der Waals surface area contributed by atoms with Gasteiger partial charge >= 0.3 is 0 Å². The third kappa shape index (κ3) is 5.39. The van der Waals surface area contributed by atoms with Crippen molar-refractivity contribution >= 4 is 17.3 Å². The lowest BCUT2D eigenvalue weighted by molar-refractivity contribution is 0.191. The summed E-state index contributed by atoms with van der Waals surface area (Å²) in [6.07, 6.45) is 1.01. The summed E-state index contributed by atoms with van der Waals surface area (Å²) < 4.78 is 10.3. The standard InChI is InChI=1S/C15H24ClNO2/c1-13-11-15(6-5-14(13)12-16)17(8-10-19-3)7-4-9-18-2/h5-6,11H,4,7-10,12H2,1-3H3. The Hall–Kier alpha value is -0.770. The quantitative estimate of drug-likeness (QED) is 0.514. The van der Waals surface area contributed by atoms with Gasteiger partial charge in [0.2, 0.25) is 0 Å². The smallest absolute Gasteiger partial charge is 0.0637 e. The van der Waals surface area contributed by atoms with Gasteiger partial charge < -0.3 is 14.4 Å². The van der Waals surface area contributed by atoms with Gasteiger partial charge in [0.05, 0.1) is 6.61 Å². The van der Waals surface area contributed by atoms with Crippen LogP contribution in [0.15, 0.2) is 18.2 Å². The number of methoxy groups -OCH3 is 2. The molecule has 1 rings (SSSR count). The van der Waals surface area contributed by atoms with E-state index in [0.29, 0.717) is 5.88 Å². The van der Waals surface area contributed by atoms with E-state index in [9.17, 15) is 0 Å². The molecule has 0 aliphatic heterocycles. The van der Waals surface area contributed by atoms with Crippen LogP contribution in [0.4, 0.5) is 5.69 Å². The zero-order valence-corrected chi connectivity index (χ0v) is 12.9. The lowest BCUT2D eigenvalue weighted by Crippen LogP contribution is -2.29. The molecule has 0 aliphatic carbocycles. The van der Waals surface area contributed by atoms with Crippen molar-refractivity contribution in [2.45, 2.75) is 19.2 Å². The molecule has 1 aromatic carbocycles. The Morgan fingerprint density at radius 3 is 2.42 bits per heavy atom. The summed E-state index contributed by atoms with van der Waals surface area (Å²) in [5.41, 5.74) is 3.65. The van der Waals surface area contributed by atoms with Gasteiger partial charge in [0, 0.05) is 45.5 Å². The van der Waals surface area contributed by atoms with E-state index in [1.54, 1.807) is 14.2 Å². The van der Waals surface area contributed by atoms with Crippen LogP contribution < -0.4 is 4.90 Å². The number of ether oxygens (including phenoxy) is 2. The molecule has 0 radical (unpaired) electrons. The lowest BCUT2D eigenvalue weighted by Gasteiger charge is -2.25. The number of hydrogen-bond acceptors (Lipinski definition) is 3. The van der Waals surface area contributed by atoms with Crippen molar-refractivity contribution in [3.63, 3.8) is 0 Å². The van der Waals surface area contributed by atoms with Crippen LogP contribution in [0.2, 0.25) is 0 Å². The van der Waals surface area contributed by atoms with Gasteiger partial charge in [0.1, 0.15) is 0 Å².